The topological polar surface area (TPSA) is 41.6 Å². The first-order valence-electron chi connectivity index (χ1n) is 9.81. The molecule has 27 heavy (non-hydrogen) atoms. The number of allylic oxidation sites excluding steroid dienone is 2. The predicted molar refractivity (Wildman–Crippen MR) is 110 cm³/mol. The molecule has 3 heteroatoms. The summed E-state index contributed by atoms with van der Waals surface area (Å²) < 4.78 is 0. The maximum Gasteiger partial charge on any atom is 0.129 e. The van der Waals surface area contributed by atoms with Gasteiger partial charge in [0, 0.05) is 11.7 Å². The van der Waals surface area contributed by atoms with Crippen molar-refractivity contribution in [1.29, 1.82) is 0 Å². The third-order valence-corrected chi connectivity index (χ3v) is 6.20. The van der Waals surface area contributed by atoms with Gasteiger partial charge in [-0.15, -0.1) is 0 Å². The minimum atomic E-state index is -0.112. The lowest BCUT2D eigenvalue weighted by Crippen LogP contribution is -2.43. The number of hydrogen-bond acceptors (Lipinski definition) is 3. The molecule has 3 nitrogen and oxygen atoms in total. The molecule has 2 aromatic rings. The maximum atomic E-state index is 6.50. The van der Waals surface area contributed by atoms with E-state index >= 15 is 0 Å². The first-order chi connectivity index (χ1) is 13.1. The van der Waals surface area contributed by atoms with Gasteiger partial charge >= 0.3 is 0 Å². The molecule has 0 saturated heterocycles. The van der Waals surface area contributed by atoms with Crippen LogP contribution in [-0.4, -0.2) is 10.7 Å². The van der Waals surface area contributed by atoms with Crippen molar-refractivity contribution in [3.63, 3.8) is 0 Å². The third kappa shape index (κ3) is 2.74. The molecule has 0 spiro atoms. The number of nitrogens with zero attached hydrogens (tertiary/aromatic N) is 2. The fourth-order valence-electron chi connectivity index (χ4n) is 4.41. The molecule has 2 unspecified atom stereocenters. The second-order valence-corrected chi connectivity index (χ2v) is 8.03. The maximum absolute atomic E-state index is 6.50. The fraction of sp³-hybridized carbons (Fsp3) is 0.292. The van der Waals surface area contributed by atoms with Crippen molar-refractivity contribution >= 4 is 5.84 Å². The minimum Gasteiger partial charge on any atom is -0.323 e. The number of fused-ring (bicyclic) bond motifs is 1. The van der Waals surface area contributed by atoms with E-state index in [9.17, 15) is 0 Å². The van der Waals surface area contributed by atoms with Crippen molar-refractivity contribution in [1.82, 2.24) is 4.90 Å². The second-order valence-electron chi connectivity index (χ2n) is 8.03. The van der Waals surface area contributed by atoms with Gasteiger partial charge < -0.3 is 10.6 Å². The van der Waals surface area contributed by atoms with Crippen LogP contribution in [0.3, 0.4) is 0 Å². The van der Waals surface area contributed by atoms with Gasteiger partial charge in [0.2, 0.25) is 0 Å². The molecular formula is C24H25N3. The van der Waals surface area contributed by atoms with E-state index in [1.165, 1.54) is 28.7 Å². The highest BCUT2D eigenvalue weighted by atomic mass is 15.3. The summed E-state index contributed by atoms with van der Waals surface area (Å²) in [6.07, 6.45) is 9.92. The summed E-state index contributed by atoms with van der Waals surface area (Å²) in [5, 5.41) is 0. The monoisotopic (exact) mass is 355 g/mol. The van der Waals surface area contributed by atoms with E-state index in [1.807, 2.05) is 0 Å². The highest BCUT2D eigenvalue weighted by Gasteiger charge is 2.38. The molecule has 2 aliphatic heterocycles. The highest BCUT2D eigenvalue weighted by molar-refractivity contribution is 5.97. The van der Waals surface area contributed by atoms with Gasteiger partial charge in [0.25, 0.3) is 0 Å². The summed E-state index contributed by atoms with van der Waals surface area (Å²) in [5.74, 6) is 1.05. The van der Waals surface area contributed by atoms with E-state index in [0.717, 1.165) is 18.7 Å². The minimum absolute atomic E-state index is 0.0818. The zero-order valence-electron chi connectivity index (χ0n) is 15.7. The van der Waals surface area contributed by atoms with Crippen LogP contribution < -0.4 is 5.73 Å². The molecule has 0 aromatic heterocycles. The van der Waals surface area contributed by atoms with Crippen LogP contribution in [-0.2, 0) is 5.54 Å². The highest BCUT2D eigenvalue weighted by Crippen LogP contribution is 2.45. The molecule has 3 aliphatic rings. The number of amidine groups is 1. The number of rotatable bonds is 3. The number of benzene rings is 2. The molecule has 1 fully saturated rings. The zero-order chi connectivity index (χ0) is 18.4. The number of aliphatic imine (C=N–C) groups is 1. The lowest BCUT2D eigenvalue weighted by atomic mass is 9.72. The van der Waals surface area contributed by atoms with Gasteiger partial charge in [-0.3, -0.25) is 4.99 Å². The average Bonchev–Trinajstić information content (AvgIpc) is 3.05. The first kappa shape index (κ1) is 16.5. The van der Waals surface area contributed by atoms with Gasteiger partial charge in [-0.25, -0.2) is 0 Å². The van der Waals surface area contributed by atoms with Crippen LogP contribution in [0.2, 0.25) is 0 Å². The Bertz CT molecular complexity index is 933. The van der Waals surface area contributed by atoms with Crippen LogP contribution in [0, 0.1) is 0 Å². The van der Waals surface area contributed by atoms with E-state index in [-0.39, 0.29) is 17.6 Å². The molecule has 2 heterocycles. The normalized spacial score (nSPS) is 25.5. The van der Waals surface area contributed by atoms with Crippen molar-refractivity contribution in [2.24, 2.45) is 10.7 Å². The number of nitrogens with two attached hydrogens (primary N) is 1. The molecular weight excluding hydrogens is 330 g/mol. The Morgan fingerprint density at radius 1 is 1.00 bits per heavy atom. The quantitative estimate of drug-likeness (QED) is 0.842. The fourth-order valence-corrected chi connectivity index (χ4v) is 4.41. The summed E-state index contributed by atoms with van der Waals surface area (Å²) in [6, 6.07) is 19.8. The van der Waals surface area contributed by atoms with Crippen LogP contribution in [0.15, 0.2) is 83.5 Å². The predicted octanol–water partition coefficient (Wildman–Crippen LogP) is 4.99. The molecule has 1 saturated carbocycles. The van der Waals surface area contributed by atoms with Gasteiger partial charge in [0.05, 0.1) is 6.04 Å². The molecule has 136 valence electrons. The molecule has 5 rings (SSSR count). The van der Waals surface area contributed by atoms with E-state index < -0.39 is 0 Å². The largest absolute Gasteiger partial charge is 0.323 e. The Morgan fingerprint density at radius 2 is 1.74 bits per heavy atom. The summed E-state index contributed by atoms with van der Waals surface area (Å²) in [7, 11) is 0. The van der Waals surface area contributed by atoms with Crippen molar-refractivity contribution in [2.75, 3.05) is 0 Å². The Labute approximate surface area is 160 Å². The molecule has 2 N–H and O–H groups in total. The van der Waals surface area contributed by atoms with Crippen LogP contribution in [0.1, 0.15) is 55.0 Å². The van der Waals surface area contributed by atoms with Crippen LogP contribution in [0.5, 0.6) is 0 Å². The van der Waals surface area contributed by atoms with Gasteiger partial charge in [0.15, 0.2) is 0 Å². The molecule has 0 radical (unpaired) electrons. The standard InChI is InChI=1S/C24H25N3/c1-17-12-15-27-21(16-17)26-22(23(27)19-6-3-2-4-7-19)18-8-10-20(11-9-18)24(25)13-5-14-24/h2-4,6-12,15-16,22-23H,5,13-14,25H2,1H3. The van der Waals surface area contributed by atoms with Gasteiger partial charge in [0.1, 0.15) is 11.9 Å². The molecule has 0 amide bonds. The summed E-state index contributed by atoms with van der Waals surface area (Å²) in [4.78, 5) is 7.40. The summed E-state index contributed by atoms with van der Waals surface area (Å²) in [6.45, 7) is 2.12. The van der Waals surface area contributed by atoms with Crippen molar-refractivity contribution in [3.8, 4) is 0 Å². The third-order valence-electron chi connectivity index (χ3n) is 6.20. The van der Waals surface area contributed by atoms with Crippen molar-refractivity contribution in [2.45, 2.75) is 43.8 Å². The van der Waals surface area contributed by atoms with Crippen LogP contribution in [0.25, 0.3) is 0 Å². The lowest BCUT2D eigenvalue weighted by molar-refractivity contribution is 0.253. The second kappa shape index (κ2) is 6.21. The summed E-state index contributed by atoms with van der Waals surface area (Å²) in [5.41, 5.74) is 11.4. The molecule has 2 atom stereocenters. The van der Waals surface area contributed by atoms with Crippen LogP contribution >= 0.6 is 0 Å². The van der Waals surface area contributed by atoms with Gasteiger partial charge in [-0.2, -0.15) is 0 Å². The molecule has 2 aromatic carbocycles. The van der Waals surface area contributed by atoms with E-state index in [2.05, 4.69) is 84.8 Å². The van der Waals surface area contributed by atoms with Gasteiger partial charge in [-0.05, 0) is 60.6 Å². The first-order valence-corrected chi connectivity index (χ1v) is 9.81. The average molecular weight is 355 g/mol. The Hall–Kier alpha value is -2.65. The van der Waals surface area contributed by atoms with Crippen LogP contribution in [0.4, 0.5) is 0 Å². The van der Waals surface area contributed by atoms with E-state index in [4.69, 9.17) is 10.7 Å². The Morgan fingerprint density at radius 3 is 2.41 bits per heavy atom. The van der Waals surface area contributed by atoms with E-state index in [0.29, 0.717) is 0 Å². The van der Waals surface area contributed by atoms with Crippen molar-refractivity contribution in [3.05, 3.63) is 95.2 Å². The lowest BCUT2D eigenvalue weighted by Gasteiger charge is -2.38. The SMILES string of the molecule is CC1=CC2=NC(c3ccc(C4(N)CCC4)cc3)C(c3ccccc3)N2C=C1. The Balaban J connectivity index is 1.53. The Kier molecular flexibility index (Phi) is 3.80. The zero-order valence-corrected chi connectivity index (χ0v) is 15.7. The van der Waals surface area contributed by atoms with E-state index in [1.54, 1.807) is 0 Å². The number of hydrogen-bond donors (Lipinski definition) is 1. The van der Waals surface area contributed by atoms with Gasteiger partial charge in [-0.1, -0.05) is 54.6 Å². The molecule has 0 bridgehead atoms. The molecule has 1 aliphatic carbocycles. The summed E-state index contributed by atoms with van der Waals surface area (Å²) >= 11 is 0. The van der Waals surface area contributed by atoms with Crippen molar-refractivity contribution < 1.29 is 0 Å². The smallest absolute Gasteiger partial charge is 0.129 e.